The predicted molar refractivity (Wildman–Crippen MR) is 112 cm³/mol. The molecule has 6 heteroatoms. The second-order valence-electron chi connectivity index (χ2n) is 6.11. The molecule has 0 aliphatic heterocycles. The van der Waals surface area contributed by atoms with Gasteiger partial charge in [0, 0.05) is 12.2 Å². The molecule has 0 unspecified atom stereocenters. The Morgan fingerprint density at radius 1 is 0.929 bits per heavy atom. The molecule has 0 spiro atoms. The second kappa shape index (κ2) is 9.46. The van der Waals surface area contributed by atoms with Crippen LogP contribution >= 0.6 is 15.9 Å². The van der Waals surface area contributed by atoms with Crippen LogP contribution in [0.4, 0.5) is 10.1 Å². The Morgan fingerprint density at radius 3 is 2.39 bits per heavy atom. The van der Waals surface area contributed by atoms with Crippen molar-refractivity contribution in [1.82, 2.24) is 0 Å². The molecule has 0 radical (unpaired) electrons. The molecule has 28 heavy (non-hydrogen) atoms. The van der Waals surface area contributed by atoms with Gasteiger partial charge >= 0.3 is 0 Å². The Balaban J connectivity index is 1.69. The molecule has 0 fully saturated rings. The van der Waals surface area contributed by atoms with Crippen molar-refractivity contribution >= 4 is 21.6 Å². The van der Waals surface area contributed by atoms with Crippen molar-refractivity contribution in [3.63, 3.8) is 0 Å². The Bertz CT molecular complexity index is 932. The third-order valence-electron chi connectivity index (χ3n) is 4.15. The molecule has 0 amide bonds. The average molecular weight is 446 g/mol. The zero-order valence-electron chi connectivity index (χ0n) is 15.7. The average Bonchev–Trinajstić information content (AvgIpc) is 2.71. The molecule has 0 heterocycles. The highest BCUT2D eigenvalue weighted by molar-refractivity contribution is 9.10. The summed E-state index contributed by atoms with van der Waals surface area (Å²) < 4.78 is 30.6. The van der Waals surface area contributed by atoms with Crippen molar-refractivity contribution in [2.45, 2.75) is 13.2 Å². The zero-order valence-corrected chi connectivity index (χ0v) is 17.3. The van der Waals surface area contributed by atoms with Gasteiger partial charge in [-0.3, -0.25) is 0 Å². The quantitative estimate of drug-likeness (QED) is 0.475. The lowest BCUT2D eigenvalue weighted by atomic mass is 10.2. The fourth-order valence-corrected chi connectivity index (χ4v) is 3.31. The lowest BCUT2D eigenvalue weighted by Gasteiger charge is -2.15. The van der Waals surface area contributed by atoms with Crippen LogP contribution in [0, 0.1) is 5.82 Å². The summed E-state index contributed by atoms with van der Waals surface area (Å²) in [6, 6.07) is 18.0. The van der Waals surface area contributed by atoms with E-state index in [1.165, 1.54) is 12.1 Å². The number of rotatable bonds is 8. The summed E-state index contributed by atoms with van der Waals surface area (Å²) >= 11 is 3.55. The molecule has 0 aromatic heterocycles. The summed E-state index contributed by atoms with van der Waals surface area (Å²) in [5.41, 5.74) is 2.76. The van der Waals surface area contributed by atoms with E-state index < -0.39 is 0 Å². The van der Waals surface area contributed by atoms with Gasteiger partial charge in [-0.2, -0.15) is 0 Å². The molecule has 0 aliphatic carbocycles. The minimum Gasteiger partial charge on any atom is -0.497 e. The van der Waals surface area contributed by atoms with E-state index in [1.54, 1.807) is 20.3 Å². The van der Waals surface area contributed by atoms with Crippen LogP contribution in [-0.4, -0.2) is 14.2 Å². The molecule has 0 aliphatic rings. The maximum absolute atomic E-state index is 13.3. The number of anilines is 1. The van der Waals surface area contributed by atoms with E-state index in [-0.39, 0.29) is 12.4 Å². The van der Waals surface area contributed by atoms with Crippen LogP contribution < -0.4 is 19.5 Å². The summed E-state index contributed by atoms with van der Waals surface area (Å²) in [5, 5.41) is 3.36. The summed E-state index contributed by atoms with van der Waals surface area (Å²) in [6.45, 7) is 0.863. The van der Waals surface area contributed by atoms with Crippen molar-refractivity contribution < 1.29 is 18.6 Å². The standard InChI is InChI=1S/C22H21BrFNO3/c1-26-19-8-6-18(7-9-19)25-13-16-11-20(23)22(21(12-16)27-2)28-14-15-4-3-5-17(24)10-15/h3-12,25H,13-14H2,1-2H3. The van der Waals surface area contributed by atoms with E-state index in [0.29, 0.717) is 18.0 Å². The molecule has 146 valence electrons. The number of halogens is 2. The fourth-order valence-electron chi connectivity index (χ4n) is 2.71. The minimum atomic E-state index is -0.285. The molecule has 3 rings (SSSR count). The molecule has 1 N–H and O–H groups in total. The number of methoxy groups -OCH3 is 2. The number of ether oxygens (including phenoxy) is 3. The normalized spacial score (nSPS) is 10.4. The van der Waals surface area contributed by atoms with Crippen molar-refractivity contribution in [3.05, 3.63) is 82.1 Å². The summed E-state index contributed by atoms with van der Waals surface area (Å²) in [5.74, 6) is 1.72. The largest absolute Gasteiger partial charge is 0.497 e. The van der Waals surface area contributed by atoms with Crippen molar-refractivity contribution in [3.8, 4) is 17.2 Å². The van der Waals surface area contributed by atoms with Gasteiger partial charge in [-0.15, -0.1) is 0 Å². The van der Waals surface area contributed by atoms with Gasteiger partial charge in [-0.1, -0.05) is 12.1 Å². The smallest absolute Gasteiger partial charge is 0.175 e. The maximum Gasteiger partial charge on any atom is 0.175 e. The van der Waals surface area contributed by atoms with Gasteiger partial charge in [0.05, 0.1) is 18.7 Å². The van der Waals surface area contributed by atoms with Gasteiger partial charge in [-0.25, -0.2) is 4.39 Å². The van der Waals surface area contributed by atoms with E-state index in [4.69, 9.17) is 14.2 Å². The third kappa shape index (κ3) is 5.16. The van der Waals surface area contributed by atoms with Gasteiger partial charge in [0.15, 0.2) is 11.5 Å². The number of benzene rings is 3. The summed E-state index contributed by atoms with van der Waals surface area (Å²) in [6.07, 6.45) is 0. The van der Waals surface area contributed by atoms with E-state index >= 15 is 0 Å². The summed E-state index contributed by atoms with van der Waals surface area (Å²) in [4.78, 5) is 0. The van der Waals surface area contributed by atoms with Gasteiger partial charge < -0.3 is 19.5 Å². The second-order valence-corrected chi connectivity index (χ2v) is 6.96. The molecular formula is C22H21BrFNO3. The highest BCUT2D eigenvalue weighted by Gasteiger charge is 2.12. The van der Waals surface area contributed by atoms with Crippen LogP contribution in [0.2, 0.25) is 0 Å². The Labute approximate surface area is 172 Å². The van der Waals surface area contributed by atoms with Crippen LogP contribution in [0.1, 0.15) is 11.1 Å². The SMILES string of the molecule is COc1ccc(NCc2cc(Br)c(OCc3cccc(F)c3)c(OC)c2)cc1. The zero-order chi connectivity index (χ0) is 19.9. The highest BCUT2D eigenvalue weighted by atomic mass is 79.9. The topological polar surface area (TPSA) is 39.7 Å². The van der Waals surface area contributed by atoms with Crippen LogP contribution in [0.25, 0.3) is 0 Å². The third-order valence-corrected chi connectivity index (χ3v) is 4.74. The predicted octanol–water partition coefficient (Wildman–Crippen LogP) is 5.80. The van der Waals surface area contributed by atoms with Gasteiger partial charge in [0.25, 0.3) is 0 Å². The Hall–Kier alpha value is -2.73. The van der Waals surface area contributed by atoms with E-state index in [9.17, 15) is 4.39 Å². The molecule has 0 saturated heterocycles. The Morgan fingerprint density at radius 2 is 1.71 bits per heavy atom. The lowest BCUT2D eigenvalue weighted by Crippen LogP contribution is -2.03. The van der Waals surface area contributed by atoms with E-state index in [1.807, 2.05) is 42.5 Å². The van der Waals surface area contributed by atoms with E-state index in [2.05, 4.69) is 21.2 Å². The molecule has 3 aromatic carbocycles. The monoisotopic (exact) mass is 445 g/mol. The molecule has 0 bridgehead atoms. The molecule has 4 nitrogen and oxygen atoms in total. The van der Waals surface area contributed by atoms with Crippen LogP contribution in [0.3, 0.4) is 0 Å². The Kier molecular flexibility index (Phi) is 6.76. The lowest BCUT2D eigenvalue weighted by molar-refractivity contribution is 0.282. The first kappa shape index (κ1) is 20.0. The van der Waals surface area contributed by atoms with Gasteiger partial charge in [0.1, 0.15) is 18.2 Å². The van der Waals surface area contributed by atoms with Crippen molar-refractivity contribution in [1.29, 1.82) is 0 Å². The van der Waals surface area contributed by atoms with E-state index in [0.717, 1.165) is 27.0 Å². The van der Waals surface area contributed by atoms with Crippen LogP contribution in [0.5, 0.6) is 17.2 Å². The fraction of sp³-hybridized carbons (Fsp3) is 0.182. The minimum absolute atomic E-state index is 0.246. The van der Waals surface area contributed by atoms with Gasteiger partial charge in [0.2, 0.25) is 0 Å². The molecule has 0 atom stereocenters. The first-order chi connectivity index (χ1) is 13.6. The van der Waals surface area contributed by atoms with Crippen molar-refractivity contribution in [2.24, 2.45) is 0 Å². The number of hydrogen-bond donors (Lipinski definition) is 1. The first-order valence-electron chi connectivity index (χ1n) is 8.70. The highest BCUT2D eigenvalue weighted by Crippen LogP contribution is 2.37. The number of nitrogens with one attached hydrogen (secondary N) is 1. The molecule has 0 saturated carbocycles. The van der Waals surface area contributed by atoms with Crippen LogP contribution in [0.15, 0.2) is 65.1 Å². The van der Waals surface area contributed by atoms with Gasteiger partial charge in [-0.05, 0) is 75.6 Å². The number of hydrogen-bond acceptors (Lipinski definition) is 4. The van der Waals surface area contributed by atoms with Crippen LogP contribution in [-0.2, 0) is 13.2 Å². The molecule has 3 aromatic rings. The van der Waals surface area contributed by atoms with Crippen molar-refractivity contribution in [2.75, 3.05) is 19.5 Å². The first-order valence-corrected chi connectivity index (χ1v) is 9.50. The summed E-state index contributed by atoms with van der Waals surface area (Å²) in [7, 11) is 3.24. The maximum atomic E-state index is 13.3. The molecular weight excluding hydrogens is 425 g/mol.